The number of rotatable bonds is 2. The monoisotopic (exact) mass is 271 g/mol. The number of amides is 1. The van der Waals surface area contributed by atoms with E-state index < -0.39 is 9.84 Å². The Hall–Kier alpha value is -1.01. The van der Waals surface area contributed by atoms with E-state index in [1.54, 1.807) is 24.3 Å². The van der Waals surface area contributed by atoms with Gasteiger partial charge in [-0.05, 0) is 24.6 Å². The number of carbonyl (C=O) groups excluding carboxylic acids is 1. The van der Waals surface area contributed by atoms with E-state index in [4.69, 9.17) is 0 Å². The molecule has 1 unspecified atom stereocenters. The van der Waals surface area contributed by atoms with Gasteiger partial charge >= 0.3 is 0 Å². The molecule has 6 heteroatoms. The SMILES string of the molecule is O=C(NC1CCS(=O)(=O)C1)c1cccc(S)c1. The van der Waals surface area contributed by atoms with Crippen molar-refractivity contribution in [1.29, 1.82) is 0 Å². The predicted octanol–water partition coefficient (Wildman–Crippen LogP) is 0.892. The summed E-state index contributed by atoms with van der Waals surface area (Å²) in [6.07, 6.45) is 0.495. The number of hydrogen-bond acceptors (Lipinski definition) is 4. The summed E-state index contributed by atoms with van der Waals surface area (Å²) in [5.74, 6) is -0.0489. The molecule has 0 aromatic heterocycles. The zero-order chi connectivity index (χ0) is 12.5. The fraction of sp³-hybridized carbons (Fsp3) is 0.364. The Kier molecular flexibility index (Phi) is 3.44. The lowest BCUT2D eigenvalue weighted by atomic mass is 10.2. The lowest BCUT2D eigenvalue weighted by Gasteiger charge is -2.10. The van der Waals surface area contributed by atoms with Crippen molar-refractivity contribution < 1.29 is 13.2 Å². The maximum absolute atomic E-state index is 11.8. The lowest BCUT2D eigenvalue weighted by molar-refractivity contribution is 0.0941. The van der Waals surface area contributed by atoms with E-state index in [1.165, 1.54) is 0 Å². The summed E-state index contributed by atoms with van der Waals surface area (Å²) >= 11 is 4.15. The van der Waals surface area contributed by atoms with Crippen LogP contribution in [0.4, 0.5) is 0 Å². The third kappa shape index (κ3) is 3.23. The molecule has 1 aromatic carbocycles. The van der Waals surface area contributed by atoms with Crippen LogP contribution in [0, 0.1) is 0 Å². The van der Waals surface area contributed by atoms with E-state index in [0.717, 1.165) is 0 Å². The standard InChI is InChI=1S/C11H13NO3S2/c13-11(8-2-1-3-10(16)6-8)12-9-4-5-17(14,15)7-9/h1-3,6,9,16H,4-5,7H2,(H,12,13). The molecule has 1 atom stereocenters. The van der Waals surface area contributed by atoms with Gasteiger partial charge in [-0.25, -0.2) is 8.42 Å². The zero-order valence-electron chi connectivity index (χ0n) is 9.09. The molecule has 1 fully saturated rings. The smallest absolute Gasteiger partial charge is 0.251 e. The molecular formula is C11H13NO3S2. The van der Waals surface area contributed by atoms with Crippen LogP contribution in [0.15, 0.2) is 29.2 Å². The van der Waals surface area contributed by atoms with Gasteiger partial charge in [-0.2, -0.15) is 0 Å². The molecule has 1 saturated heterocycles. The van der Waals surface area contributed by atoms with Crippen molar-refractivity contribution in [1.82, 2.24) is 5.32 Å². The van der Waals surface area contributed by atoms with Crippen molar-refractivity contribution in [3.63, 3.8) is 0 Å². The maximum Gasteiger partial charge on any atom is 0.251 e. The van der Waals surface area contributed by atoms with Gasteiger partial charge in [-0.3, -0.25) is 4.79 Å². The van der Waals surface area contributed by atoms with Gasteiger partial charge in [0.15, 0.2) is 9.84 Å². The zero-order valence-corrected chi connectivity index (χ0v) is 10.8. The molecule has 0 aliphatic carbocycles. The Morgan fingerprint density at radius 3 is 2.76 bits per heavy atom. The Balaban J connectivity index is 2.03. The number of carbonyl (C=O) groups is 1. The summed E-state index contributed by atoms with van der Waals surface area (Å²) < 4.78 is 22.5. The molecule has 1 aromatic rings. The van der Waals surface area contributed by atoms with Crippen molar-refractivity contribution in [2.75, 3.05) is 11.5 Å². The Bertz CT molecular complexity index is 539. The average Bonchev–Trinajstić information content (AvgIpc) is 2.58. The van der Waals surface area contributed by atoms with Crippen molar-refractivity contribution >= 4 is 28.4 Å². The number of sulfone groups is 1. The van der Waals surface area contributed by atoms with E-state index in [-0.39, 0.29) is 23.5 Å². The van der Waals surface area contributed by atoms with E-state index in [1.807, 2.05) is 0 Å². The summed E-state index contributed by atoms with van der Waals surface area (Å²) in [6.45, 7) is 0. The van der Waals surface area contributed by atoms with Gasteiger partial charge in [-0.1, -0.05) is 6.07 Å². The van der Waals surface area contributed by atoms with Crippen LogP contribution in [0.1, 0.15) is 16.8 Å². The van der Waals surface area contributed by atoms with E-state index in [2.05, 4.69) is 17.9 Å². The Labute approximate surface area is 106 Å². The molecule has 0 radical (unpaired) electrons. The first-order valence-corrected chi connectivity index (χ1v) is 7.53. The molecule has 1 aliphatic rings. The number of nitrogens with one attached hydrogen (secondary N) is 1. The maximum atomic E-state index is 11.8. The minimum atomic E-state index is -2.96. The van der Waals surface area contributed by atoms with Crippen molar-refractivity contribution in [3.05, 3.63) is 29.8 Å². The largest absolute Gasteiger partial charge is 0.348 e. The highest BCUT2D eigenvalue weighted by atomic mass is 32.2. The Morgan fingerprint density at radius 2 is 2.18 bits per heavy atom. The quantitative estimate of drug-likeness (QED) is 0.785. The van der Waals surface area contributed by atoms with Crippen LogP contribution >= 0.6 is 12.6 Å². The van der Waals surface area contributed by atoms with Gasteiger partial charge in [0.05, 0.1) is 11.5 Å². The van der Waals surface area contributed by atoms with E-state index >= 15 is 0 Å². The van der Waals surface area contributed by atoms with Crippen LogP contribution in [-0.4, -0.2) is 31.9 Å². The molecule has 1 N–H and O–H groups in total. The molecule has 92 valence electrons. The fourth-order valence-corrected chi connectivity index (χ4v) is 3.72. The molecule has 17 heavy (non-hydrogen) atoms. The van der Waals surface area contributed by atoms with Gasteiger partial charge < -0.3 is 5.32 Å². The minimum absolute atomic E-state index is 0.0410. The van der Waals surface area contributed by atoms with Gasteiger partial charge in [0, 0.05) is 16.5 Å². The number of hydrogen-bond donors (Lipinski definition) is 2. The van der Waals surface area contributed by atoms with E-state index in [9.17, 15) is 13.2 Å². The van der Waals surface area contributed by atoms with Gasteiger partial charge in [0.2, 0.25) is 0 Å². The second-order valence-corrected chi connectivity index (χ2v) is 6.87. The second kappa shape index (κ2) is 4.70. The van der Waals surface area contributed by atoms with Gasteiger partial charge in [0.1, 0.15) is 0 Å². The third-order valence-electron chi connectivity index (χ3n) is 2.68. The van der Waals surface area contributed by atoms with Gasteiger partial charge in [0.25, 0.3) is 5.91 Å². The lowest BCUT2D eigenvalue weighted by Crippen LogP contribution is -2.35. The van der Waals surface area contributed by atoms with Crippen LogP contribution in [0.3, 0.4) is 0 Å². The third-order valence-corrected chi connectivity index (χ3v) is 4.72. The highest BCUT2D eigenvalue weighted by Crippen LogP contribution is 2.13. The number of thiol groups is 1. The van der Waals surface area contributed by atoms with Crippen molar-refractivity contribution in [3.8, 4) is 0 Å². The summed E-state index contributed by atoms with van der Waals surface area (Å²) in [4.78, 5) is 12.5. The molecule has 4 nitrogen and oxygen atoms in total. The predicted molar refractivity (Wildman–Crippen MR) is 68.2 cm³/mol. The van der Waals surface area contributed by atoms with E-state index in [0.29, 0.717) is 16.9 Å². The van der Waals surface area contributed by atoms with Crippen LogP contribution in [0.25, 0.3) is 0 Å². The first-order valence-electron chi connectivity index (χ1n) is 5.26. The molecule has 1 aliphatic heterocycles. The highest BCUT2D eigenvalue weighted by molar-refractivity contribution is 7.91. The molecule has 0 saturated carbocycles. The highest BCUT2D eigenvalue weighted by Gasteiger charge is 2.29. The first-order chi connectivity index (χ1) is 7.96. The molecule has 0 bridgehead atoms. The first kappa shape index (κ1) is 12.4. The van der Waals surface area contributed by atoms with Crippen molar-refractivity contribution in [2.24, 2.45) is 0 Å². The fourth-order valence-electron chi connectivity index (χ4n) is 1.82. The average molecular weight is 271 g/mol. The molecule has 1 amide bonds. The molecule has 2 rings (SSSR count). The number of benzene rings is 1. The van der Waals surface area contributed by atoms with Crippen LogP contribution < -0.4 is 5.32 Å². The minimum Gasteiger partial charge on any atom is -0.348 e. The van der Waals surface area contributed by atoms with Crippen LogP contribution in [0.2, 0.25) is 0 Å². The summed E-state index contributed by atoms with van der Waals surface area (Å²) in [7, 11) is -2.96. The summed E-state index contributed by atoms with van der Waals surface area (Å²) in [5, 5.41) is 2.73. The van der Waals surface area contributed by atoms with Gasteiger partial charge in [-0.15, -0.1) is 12.6 Å². The normalized spacial score (nSPS) is 22.3. The topological polar surface area (TPSA) is 63.2 Å². The molecule has 0 spiro atoms. The van der Waals surface area contributed by atoms with Crippen LogP contribution in [-0.2, 0) is 9.84 Å². The Morgan fingerprint density at radius 1 is 1.41 bits per heavy atom. The second-order valence-electron chi connectivity index (χ2n) is 4.12. The van der Waals surface area contributed by atoms with Crippen molar-refractivity contribution in [2.45, 2.75) is 17.4 Å². The molecular weight excluding hydrogens is 258 g/mol. The summed E-state index contributed by atoms with van der Waals surface area (Å²) in [5.41, 5.74) is 0.502. The molecule has 1 heterocycles. The summed E-state index contributed by atoms with van der Waals surface area (Å²) in [6, 6.07) is 6.58. The van der Waals surface area contributed by atoms with Crippen LogP contribution in [0.5, 0.6) is 0 Å².